The Balaban J connectivity index is 2.91. The smallest absolute Gasteiger partial charge is 0.0518 e. The average molecular weight is 159 g/mol. The molecule has 0 bridgehead atoms. The summed E-state index contributed by atoms with van der Waals surface area (Å²) in [7, 11) is 0. The highest BCUT2D eigenvalue weighted by atomic mass is 16.5. The third kappa shape index (κ3) is 9.92. The van der Waals surface area contributed by atoms with Crippen LogP contribution in [-0.2, 0) is 4.74 Å². The lowest BCUT2D eigenvalue weighted by Crippen LogP contribution is -2.14. The molecule has 68 valence electrons. The van der Waals surface area contributed by atoms with Crippen molar-refractivity contribution in [3.05, 3.63) is 0 Å². The van der Waals surface area contributed by atoms with Gasteiger partial charge < -0.3 is 10.5 Å². The van der Waals surface area contributed by atoms with Crippen LogP contribution >= 0.6 is 0 Å². The molecule has 0 aromatic heterocycles. The van der Waals surface area contributed by atoms with Gasteiger partial charge in [0.2, 0.25) is 0 Å². The van der Waals surface area contributed by atoms with Crippen molar-refractivity contribution < 1.29 is 4.74 Å². The maximum absolute atomic E-state index is 5.59. The normalized spacial score (nSPS) is 13.9. The predicted octanol–water partition coefficient (Wildman–Crippen LogP) is 1.93. The molecular weight excluding hydrogens is 138 g/mol. The molecule has 0 spiro atoms. The van der Waals surface area contributed by atoms with Crippen molar-refractivity contribution in [2.75, 3.05) is 6.61 Å². The Bertz CT molecular complexity index is 71.6. The summed E-state index contributed by atoms with van der Waals surface area (Å²) in [4.78, 5) is 0. The monoisotopic (exact) mass is 159 g/mol. The van der Waals surface area contributed by atoms with Gasteiger partial charge in [-0.1, -0.05) is 0 Å². The second kappa shape index (κ2) is 6.62. The largest absolute Gasteiger partial charge is 0.379 e. The molecule has 0 heterocycles. The molecule has 0 aromatic rings. The number of rotatable bonds is 6. The van der Waals surface area contributed by atoms with Gasteiger partial charge in [-0.05, 0) is 40.0 Å². The van der Waals surface area contributed by atoms with Crippen LogP contribution in [0.15, 0.2) is 0 Å². The Hall–Kier alpha value is -0.0800. The lowest BCUT2D eigenvalue weighted by atomic mass is 10.1. The van der Waals surface area contributed by atoms with Gasteiger partial charge in [0.15, 0.2) is 0 Å². The van der Waals surface area contributed by atoms with E-state index in [1.54, 1.807) is 0 Å². The SMILES string of the molecule is CC(N)CCCCOC(C)C. The first kappa shape index (κ1) is 10.9. The minimum Gasteiger partial charge on any atom is -0.379 e. The summed E-state index contributed by atoms with van der Waals surface area (Å²) in [6.45, 7) is 7.05. The molecule has 1 atom stereocenters. The zero-order chi connectivity index (χ0) is 8.69. The van der Waals surface area contributed by atoms with Gasteiger partial charge in [-0.15, -0.1) is 0 Å². The third-order valence-electron chi connectivity index (χ3n) is 1.50. The van der Waals surface area contributed by atoms with Crippen molar-refractivity contribution >= 4 is 0 Å². The highest BCUT2D eigenvalue weighted by Crippen LogP contribution is 1.99. The van der Waals surface area contributed by atoms with Crippen molar-refractivity contribution in [3.63, 3.8) is 0 Å². The van der Waals surface area contributed by atoms with Gasteiger partial charge in [0.1, 0.15) is 0 Å². The fourth-order valence-electron chi connectivity index (χ4n) is 0.887. The Morgan fingerprint density at radius 3 is 2.27 bits per heavy atom. The topological polar surface area (TPSA) is 35.2 Å². The molecule has 2 nitrogen and oxygen atoms in total. The van der Waals surface area contributed by atoms with Crippen LogP contribution in [0.5, 0.6) is 0 Å². The maximum Gasteiger partial charge on any atom is 0.0518 e. The standard InChI is InChI=1S/C9H21NO/c1-8(2)11-7-5-4-6-9(3)10/h8-9H,4-7,10H2,1-3H3. The summed E-state index contributed by atoms with van der Waals surface area (Å²) in [5.74, 6) is 0. The fraction of sp³-hybridized carbons (Fsp3) is 1.00. The van der Waals surface area contributed by atoms with E-state index >= 15 is 0 Å². The average Bonchev–Trinajstić information content (AvgIpc) is 1.85. The summed E-state index contributed by atoms with van der Waals surface area (Å²) >= 11 is 0. The van der Waals surface area contributed by atoms with E-state index in [0.717, 1.165) is 19.4 Å². The minimum atomic E-state index is 0.342. The van der Waals surface area contributed by atoms with Crippen molar-refractivity contribution in [1.29, 1.82) is 0 Å². The molecule has 0 aliphatic rings. The fourth-order valence-corrected chi connectivity index (χ4v) is 0.887. The molecule has 0 aliphatic heterocycles. The summed E-state index contributed by atoms with van der Waals surface area (Å²) in [5.41, 5.74) is 5.59. The molecular formula is C9H21NO. The molecule has 11 heavy (non-hydrogen) atoms. The minimum absolute atomic E-state index is 0.342. The summed E-state index contributed by atoms with van der Waals surface area (Å²) in [6.07, 6.45) is 3.80. The molecule has 2 N–H and O–H groups in total. The number of unbranched alkanes of at least 4 members (excludes halogenated alkanes) is 1. The molecule has 0 aliphatic carbocycles. The van der Waals surface area contributed by atoms with E-state index in [-0.39, 0.29) is 0 Å². The van der Waals surface area contributed by atoms with Gasteiger partial charge in [0, 0.05) is 12.6 Å². The van der Waals surface area contributed by atoms with E-state index in [0.29, 0.717) is 12.1 Å². The first-order chi connectivity index (χ1) is 5.13. The van der Waals surface area contributed by atoms with E-state index in [9.17, 15) is 0 Å². The maximum atomic E-state index is 5.59. The summed E-state index contributed by atoms with van der Waals surface area (Å²) < 4.78 is 5.38. The van der Waals surface area contributed by atoms with Crippen LogP contribution in [0.1, 0.15) is 40.0 Å². The van der Waals surface area contributed by atoms with Gasteiger partial charge in [0.05, 0.1) is 6.10 Å². The molecule has 0 radical (unpaired) electrons. The van der Waals surface area contributed by atoms with Crippen molar-refractivity contribution in [3.8, 4) is 0 Å². The van der Waals surface area contributed by atoms with Crippen LogP contribution in [-0.4, -0.2) is 18.8 Å². The molecule has 2 heteroatoms. The van der Waals surface area contributed by atoms with Crippen molar-refractivity contribution in [2.45, 2.75) is 52.2 Å². The highest BCUT2D eigenvalue weighted by Gasteiger charge is 1.95. The van der Waals surface area contributed by atoms with Gasteiger partial charge in [-0.3, -0.25) is 0 Å². The summed E-state index contributed by atoms with van der Waals surface area (Å²) in [6, 6.07) is 0.342. The Kier molecular flexibility index (Phi) is 6.57. The zero-order valence-electron chi connectivity index (χ0n) is 7.97. The van der Waals surface area contributed by atoms with E-state index in [1.807, 2.05) is 6.92 Å². The molecule has 0 saturated carbocycles. The highest BCUT2D eigenvalue weighted by molar-refractivity contribution is 4.52. The van der Waals surface area contributed by atoms with Gasteiger partial charge in [0.25, 0.3) is 0 Å². The van der Waals surface area contributed by atoms with Gasteiger partial charge in [-0.25, -0.2) is 0 Å². The number of hydrogen-bond acceptors (Lipinski definition) is 2. The molecule has 0 aromatic carbocycles. The molecule has 1 unspecified atom stereocenters. The second-order valence-electron chi connectivity index (χ2n) is 3.39. The van der Waals surface area contributed by atoms with Crippen LogP contribution in [0.3, 0.4) is 0 Å². The van der Waals surface area contributed by atoms with E-state index in [4.69, 9.17) is 10.5 Å². The van der Waals surface area contributed by atoms with Crippen LogP contribution in [0.2, 0.25) is 0 Å². The number of hydrogen-bond donors (Lipinski definition) is 1. The Morgan fingerprint density at radius 1 is 1.18 bits per heavy atom. The van der Waals surface area contributed by atoms with Crippen LogP contribution < -0.4 is 5.73 Å². The molecule has 0 rings (SSSR count). The van der Waals surface area contributed by atoms with Crippen LogP contribution in [0, 0.1) is 0 Å². The van der Waals surface area contributed by atoms with Crippen molar-refractivity contribution in [1.82, 2.24) is 0 Å². The first-order valence-corrected chi connectivity index (χ1v) is 4.50. The van der Waals surface area contributed by atoms with Gasteiger partial charge >= 0.3 is 0 Å². The van der Waals surface area contributed by atoms with Crippen LogP contribution in [0.25, 0.3) is 0 Å². The molecule has 0 fully saturated rings. The Labute approximate surface area is 70.1 Å². The first-order valence-electron chi connectivity index (χ1n) is 4.50. The van der Waals surface area contributed by atoms with E-state index < -0.39 is 0 Å². The lowest BCUT2D eigenvalue weighted by Gasteiger charge is -2.07. The predicted molar refractivity (Wildman–Crippen MR) is 48.6 cm³/mol. The quantitative estimate of drug-likeness (QED) is 0.601. The number of nitrogens with two attached hydrogens (primary N) is 1. The van der Waals surface area contributed by atoms with E-state index in [2.05, 4.69) is 13.8 Å². The molecule has 0 amide bonds. The van der Waals surface area contributed by atoms with E-state index in [1.165, 1.54) is 6.42 Å². The number of ether oxygens (including phenoxy) is 1. The molecule has 0 saturated heterocycles. The second-order valence-corrected chi connectivity index (χ2v) is 3.39. The van der Waals surface area contributed by atoms with Crippen LogP contribution in [0.4, 0.5) is 0 Å². The zero-order valence-corrected chi connectivity index (χ0v) is 7.97. The summed E-state index contributed by atoms with van der Waals surface area (Å²) in [5, 5.41) is 0. The van der Waals surface area contributed by atoms with Gasteiger partial charge in [-0.2, -0.15) is 0 Å². The van der Waals surface area contributed by atoms with Crippen molar-refractivity contribution in [2.24, 2.45) is 5.73 Å². The lowest BCUT2D eigenvalue weighted by molar-refractivity contribution is 0.0756. The Morgan fingerprint density at radius 2 is 1.82 bits per heavy atom. The third-order valence-corrected chi connectivity index (χ3v) is 1.50.